The first-order valence-corrected chi connectivity index (χ1v) is 7.01. The number of ketones is 1. The molecule has 0 unspecified atom stereocenters. The lowest BCUT2D eigenvalue weighted by Crippen LogP contribution is -2.14. The molecule has 0 spiro atoms. The highest BCUT2D eigenvalue weighted by atomic mass is 16.5. The van der Waals surface area contributed by atoms with Crippen molar-refractivity contribution in [2.75, 3.05) is 6.61 Å². The lowest BCUT2D eigenvalue weighted by molar-refractivity contribution is -0.140. The van der Waals surface area contributed by atoms with Crippen LogP contribution in [-0.4, -0.2) is 18.4 Å². The molecule has 0 radical (unpaired) electrons. The van der Waals surface area contributed by atoms with Crippen LogP contribution < -0.4 is 0 Å². The van der Waals surface area contributed by atoms with Crippen LogP contribution in [0.5, 0.6) is 0 Å². The Labute approximate surface area is 124 Å². The van der Waals surface area contributed by atoms with Gasteiger partial charge in [-0.25, -0.2) is 4.79 Å². The lowest BCUT2D eigenvalue weighted by Gasteiger charge is -2.06. The largest absolute Gasteiger partial charge is 0.462 e. The van der Waals surface area contributed by atoms with Crippen LogP contribution in [0.4, 0.5) is 0 Å². The van der Waals surface area contributed by atoms with E-state index in [1.165, 1.54) is 6.92 Å². The molecule has 0 heterocycles. The Morgan fingerprint density at radius 3 is 2.52 bits per heavy atom. The predicted octanol–water partition coefficient (Wildman–Crippen LogP) is 3.77. The minimum absolute atomic E-state index is 0.0832. The van der Waals surface area contributed by atoms with Crippen LogP contribution in [0.15, 0.2) is 48.0 Å². The van der Waals surface area contributed by atoms with E-state index in [0.29, 0.717) is 6.61 Å². The average molecular weight is 282 g/mol. The molecule has 0 fully saturated rings. The molecule has 0 atom stereocenters. The van der Waals surface area contributed by atoms with Crippen LogP contribution in [0, 0.1) is 0 Å². The smallest absolute Gasteiger partial charge is 0.341 e. The van der Waals surface area contributed by atoms with E-state index in [1.807, 2.05) is 49.4 Å². The standard InChI is InChI=1S/C18H18O3/c1-3-11-21-18(20)17(13(2)19)12-15-9-6-8-14-7-4-5-10-16(14)15/h4-10,12H,3,11H2,1-2H3. The minimum Gasteiger partial charge on any atom is -0.462 e. The molecular formula is C18H18O3. The topological polar surface area (TPSA) is 43.4 Å². The van der Waals surface area contributed by atoms with Crippen LogP contribution in [-0.2, 0) is 14.3 Å². The highest BCUT2D eigenvalue weighted by molar-refractivity contribution is 6.20. The van der Waals surface area contributed by atoms with Gasteiger partial charge in [0.2, 0.25) is 0 Å². The van der Waals surface area contributed by atoms with Crippen LogP contribution in [0.2, 0.25) is 0 Å². The second kappa shape index (κ2) is 6.84. The quantitative estimate of drug-likeness (QED) is 0.363. The number of benzene rings is 2. The van der Waals surface area contributed by atoms with Gasteiger partial charge < -0.3 is 4.74 Å². The zero-order chi connectivity index (χ0) is 15.2. The third kappa shape index (κ3) is 3.57. The fourth-order valence-electron chi connectivity index (χ4n) is 2.11. The molecule has 3 nitrogen and oxygen atoms in total. The molecule has 0 N–H and O–H groups in total. The van der Waals surface area contributed by atoms with Crippen molar-refractivity contribution in [3.63, 3.8) is 0 Å². The molecular weight excluding hydrogens is 264 g/mol. The summed E-state index contributed by atoms with van der Waals surface area (Å²) in [5, 5.41) is 2.07. The van der Waals surface area contributed by atoms with Gasteiger partial charge in [-0.3, -0.25) is 4.79 Å². The van der Waals surface area contributed by atoms with E-state index in [4.69, 9.17) is 4.74 Å². The first kappa shape index (κ1) is 15.0. The molecule has 0 aromatic heterocycles. The summed E-state index contributed by atoms with van der Waals surface area (Å²) in [5.74, 6) is -0.846. The molecule has 0 bridgehead atoms. The van der Waals surface area contributed by atoms with Crippen LogP contribution in [0.1, 0.15) is 25.8 Å². The van der Waals surface area contributed by atoms with Crippen molar-refractivity contribution in [1.82, 2.24) is 0 Å². The second-order valence-electron chi connectivity index (χ2n) is 4.82. The molecule has 2 aromatic rings. The van der Waals surface area contributed by atoms with E-state index in [0.717, 1.165) is 22.8 Å². The van der Waals surface area contributed by atoms with Crippen LogP contribution in [0.3, 0.4) is 0 Å². The van der Waals surface area contributed by atoms with Crippen molar-refractivity contribution >= 4 is 28.6 Å². The zero-order valence-electron chi connectivity index (χ0n) is 12.3. The minimum atomic E-state index is -0.558. The first-order chi connectivity index (χ1) is 10.1. The fourth-order valence-corrected chi connectivity index (χ4v) is 2.11. The Kier molecular flexibility index (Phi) is 4.88. The van der Waals surface area contributed by atoms with Gasteiger partial charge in [0.05, 0.1) is 6.61 Å². The number of hydrogen-bond acceptors (Lipinski definition) is 3. The van der Waals surface area contributed by atoms with Crippen molar-refractivity contribution in [2.24, 2.45) is 0 Å². The van der Waals surface area contributed by atoms with Gasteiger partial charge in [0.25, 0.3) is 0 Å². The summed E-state index contributed by atoms with van der Waals surface area (Å²) in [6.45, 7) is 3.61. The fraction of sp³-hybridized carbons (Fsp3) is 0.222. The third-order valence-corrected chi connectivity index (χ3v) is 3.16. The van der Waals surface area contributed by atoms with Crippen molar-refractivity contribution < 1.29 is 14.3 Å². The maximum atomic E-state index is 12.0. The Hall–Kier alpha value is -2.42. The highest BCUT2D eigenvalue weighted by Gasteiger charge is 2.16. The number of esters is 1. The van der Waals surface area contributed by atoms with Crippen molar-refractivity contribution in [3.8, 4) is 0 Å². The molecule has 0 saturated heterocycles. The molecule has 0 saturated carbocycles. The van der Waals surface area contributed by atoms with Gasteiger partial charge in [-0.1, -0.05) is 49.4 Å². The van der Waals surface area contributed by atoms with Crippen LogP contribution >= 0.6 is 0 Å². The van der Waals surface area contributed by atoms with Gasteiger partial charge in [0, 0.05) is 0 Å². The monoisotopic (exact) mass is 282 g/mol. The Balaban J connectivity index is 2.45. The molecule has 0 amide bonds. The van der Waals surface area contributed by atoms with E-state index in [-0.39, 0.29) is 11.4 Å². The maximum Gasteiger partial charge on any atom is 0.341 e. The number of hydrogen-bond donors (Lipinski definition) is 0. The maximum absolute atomic E-state index is 12.0. The number of rotatable bonds is 5. The van der Waals surface area contributed by atoms with Gasteiger partial charge in [-0.2, -0.15) is 0 Å². The van der Waals surface area contributed by atoms with Gasteiger partial charge in [-0.15, -0.1) is 0 Å². The Morgan fingerprint density at radius 2 is 1.81 bits per heavy atom. The van der Waals surface area contributed by atoms with Gasteiger partial charge in [0.1, 0.15) is 5.57 Å². The van der Waals surface area contributed by atoms with E-state index in [9.17, 15) is 9.59 Å². The van der Waals surface area contributed by atoms with E-state index in [2.05, 4.69) is 0 Å². The second-order valence-corrected chi connectivity index (χ2v) is 4.82. The highest BCUT2D eigenvalue weighted by Crippen LogP contribution is 2.21. The predicted molar refractivity (Wildman–Crippen MR) is 83.9 cm³/mol. The number of ether oxygens (including phenoxy) is 1. The molecule has 0 aliphatic heterocycles. The van der Waals surface area contributed by atoms with Gasteiger partial charge in [-0.05, 0) is 35.8 Å². The van der Waals surface area contributed by atoms with Gasteiger partial charge >= 0.3 is 5.97 Å². The summed E-state index contributed by atoms with van der Waals surface area (Å²) < 4.78 is 5.07. The lowest BCUT2D eigenvalue weighted by atomic mass is 10.0. The Morgan fingerprint density at radius 1 is 1.10 bits per heavy atom. The molecule has 108 valence electrons. The molecule has 2 rings (SSSR count). The summed E-state index contributed by atoms with van der Waals surface area (Å²) in [4.78, 5) is 23.7. The zero-order valence-corrected chi connectivity index (χ0v) is 12.3. The molecule has 21 heavy (non-hydrogen) atoms. The molecule has 3 heteroatoms. The third-order valence-electron chi connectivity index (χ3n) is 3.16. The van der Waals surface area contributed by atoms with Crippen molar-refractivity contribution in [3.05, 3.63) is 53.6 Å². The van der Waals surface area contributed by atoms with E-state index >= 15 is 0 Å². The van der Waals surface area contributed by atoms with E-state index < -0.39 is 5.97 Å². The summed E-state index contributed by atoms with van der Waals surface area (Å²) in [5.41, 5.74) is 0.923. The number of carbonyl (C=O) groups is 2. The summed E-state index contributed by atoms with van der Waals surface area (Å²) >= 11 is 0. The van der Waals surface area contributed by atoms with Gasteiger partial charge in [0.15, 0.2) is 5.78 Å². The SMILES string of the molecule is CCCOC(=O)C(=Cc1cccc2ccccc12)C(C)=O. The number of Topliss-reactive ketones (excluding diaryl/α,β-unsaturated/α-hetero) is 1. The Bertz CT molecular complexity index is 693. The summed E-state index contributed by atoms with van der Waals surface area (Å²) in [6, 6.07) is 13.6. The number of fused-ring (bicyclic) bond motifs is 1. The van der Waals surface area contributed by atoms with E-state index in [1.54, 1.807) is 6.08 Å². The summed E-state index contributed by atoms with van der Waals surface area (Å²) in [6.07, 6.45) is 2.34. The van der Waals surface area contributed by atoms with Crippen molar-refractivity contribution in [1.29, 1.82) is 0 Å². The summed E-state index contributed by atoms with van der Waals surface area (Å²) in [7, 11) is 0. The molecule has 0 aliphatic rings. The first-order valence-electron chi connectivity index (χ1n) is 7.01. The molecule has 2 aromatic carbocycles. The number of carbonyl (C=O) groups excluding carboxylic acids is 2. The average Bonchev–Trinajstić information content (AvgIpc) is 2.50. The molecule has 0 aliphatic carbocycles. The van der Waals surface area contributed by atoms with Crippen LogP contribution in [0.25, 0.3) is 16.8 Å². The normalized spacial score (nSPS) is 11.4. The van der Waals surface area contributed by atoms with Crippen molar-refractivity contribution in [2.45, 2.75) is 20.3 Å².